The molecule has 1 amide bonds. The monoisotopic (exact) mass is 332 g/mol. The van der Waals surface area contributed by atoms with Crippen molar-refractivity contribution in [3.63, 3.8) is 0 Å². The third kappa shape index (κ3) is 3.29. The highest BCUT2D eigenvalue weighted by molar-refractivity contribution is 7.18. The Balaban J connectivity index is 2.20. The lowest BCUT2D eigenvalue weighted by atomic mass is 10.0. The van der Waals surface area contributed by atoms with E-state index in [-0.39, 0.29) is 18.4 Å². The maximum atomic E-state index is 12.1. The van der Waals surface area contributed by atoms with Gasteiger partial charge in [-0.05, 0) is 19.4 Å². The van der Waals surface area contributed by atoms with Crippen LogP contribution in [0.25, 0.3) is 10.2 Å². The van der Waals surface area contributed by atoms with Crippen LogP contribution in [0, 0.1) is 31.1 Å². The number of carbonyl (C=O) groups is 2. The van der Waals surface area contributed by atoms with Crippen molar-refractivity contribution in [2.24, 2.45) is 5.92 Å². The maximum absolute atomic E-state index is 12.1. The number of amides is 1. The van der Waals surface area contributed by atoms with E-state index in [1.165, 1.54) is 18.4 Å². The van der Waals surface area contributed by atoms with Gasteiger partial charge < -0.3 is 10.3 Å². The van der Waals surface area contributed by atoms with Gasteiger partial charge in [0.05, 0.1) is 11.5 Å². The molecule has 120 valence electrons. The number of aromatic nitrogens is 2. The number of ketones is 1. The van der Waals surface area contributed by atoms with Crippen molar-refractivity contribution < 1.29 is 9.59 Å². The average molecular weight is 332 g/mol. The molecule has 7 nitrogen and oxygen atoms in total. The largest absolute Gasteiger partial charge is 0.358 e. The van der Waals surface area contributed by atoms with Gasteiger partial charge >= 0.3 is 0 Å². The summed E-state index contributed by atoms with van der Waals surface area (Å²) in [7, 11) is 1.37. The van der Waals surface area contributed by atoms with E-state index >= 15 is 0 Å². The van der Waals surface area contributed by atoms with Crippen LogP contribution in [0.1, 0.15) is 22.7 Å². The van der Waals surface area contributed by atoms with Gasteiger partial charge in [0, 0.05) is 24.8 Å². The van der Waals surface area contributed by atoms with Crippen molar-refractivity contribution in [2.45, 2.75) is 26.7 Å². The number of nitriles is 1. The van der Waals surface area contributed by atoms with Gasteiger partial charge in [-0.3, -0.25) is 14.4 Å². The number of nitrogens with one attached hydrogen (secondary N) is 2. The first kappa shape index (κ1) is 16.8. The quantitative estimate of drug-likeness (QED) is 0.792. The van der Waals surface area contributed by atoms with E-state index in [0.717, 1.165) is 10.4 Å². The summed E-state index contributed by atoms with van der Waals surface area (Å²) in [6, 6.07) is 1.69. The van der Waals surface area contributed by atoms with Crippen LogP contribution in [0.2, 0.25) is 0 Å². The van der Waals surface area contributed by atoms with E-state index in [1.807, 2.05) is 13.8 Å². The van der Waals surface area contributed by atoms with Gasteiger partial charge in [-0.1, -0.05) is 0 Å². The van der Waals surface area contributed by atoms with E-state index in [4.69, 9.17) is 5.26 Å². The second-order valence-electron chi connectivity index (χ2n) is 5.12. The zero-order valence-electron chi connectivity index (χ0n) is 13.0. The van der Waals surface area contributed by atoms with Gasteiger partial charge in [-0.25, -0.2) is 4.98 Å². The lowest BCUT2D eigenvalue weighted by Crippen LogP contribution is -2.32. The summed E-state index contributed by atoms with van der Waals surface area (Å²) in [6.45, 7) is 3.79. The number of hydrogen-bond donors (Lipinski definition) is 2. The molecule has 0 aliphatic rings. The summed E-state index contributed by atoms with van der Waals surface area (Å²) in [5, 5.41) is 11.8. The molecule has 2 N–H and O–H groups in total. The van der Waals surface area contributed by atoms with Crippen LogP contribution in [0.3, 0.4) is 0 Å². The Hall–Kier alpha value is -2.53. The van der Waals surface area contributed by atoms with Crippen LogP contribution >= 0.6 is 11.3 Å². The molecule has 2 aromatic rings. The third-order valence-electron chi connectivity index (χ3n) is 3.66. The Labute approximate surface area is 136 Å². The normalized spacial score (nSPS) is 11.9. The Morgan fingerprint density at radius 3 is 2.74 bits per heavy atom. The Morgan fingerprint density at radius 1 is 1.43 bits per heavy atom. The summed E-state index contributed by atoms with van der Waals surface area (Å²) >= 11 is 1.43. The van der Waals surface area contributed by atoms with Crippen LogP contribution in [0.4, 0.5) is 0 Å². The maximum Gasteiger partial charge on any atom is 0.259 e. The molecule has 0 spiro atoms. The molecule has 2 aromatic heterocycles. The molecule has 0 aromatic carbocycles. The SMILES string of the molecule is CNC(=O)[C@H](C#N)C(=O)CCc1nc2sc(C)c(C)c2c(=O)[nH]1. The van der Waals surface area contributed by atoms with Crippen LogP contribution in [0.5, 0.6) is 0 Å². The molecule has 23 heavy (non-hydrogen) atoms. The predicted molar refractivity (Wildman–Crippen MR) is 86.2 cm³/mol. The molecule has 0 fully saturated rings. The standard InChI is InChI=1S/C15H16N4O3S/c1-7-8(2)23-15-12(7)14(22)18-11(19-15)5-4-10(20)9(6-16)13(21)17-3/h9H,4-5H2,1-3H3,(H,17,21)(H,18,19,22)/t9-/m1/s1. The number of hydrogen-bond acceptors (Lipinski definition) is 6. The van der Waals surface area contributed by atoms with Crippen molar-refractivity contribution in [1.82, 2.24) is 15.3 Å². The van der Waals surface area contributed by atoms with Crippen molar-refractivity contribution in [1.29, 1.82) is 5.26 Å². The van der Waals surface area contributed by atoms with Crippen molar-refractivity contribution in [3.8, 4) is 6.07 Å². The van der Waals surface area contributed by atoms with Gasteiger partial charge in [0.25, 0.3) is 5.56 Å². The number of aryl methyl sites for hydroxylation is 3. The Bertz CT molecular complexity index is 875. The second kappa shape index (κ2) is 6.71. The van der Waals surface area contributed by atoms with E-state index in [2.05, 4.69) is 15.3 Å². The highest BCUT2D eigenvalue weighted by Crippen LogP contribution is 2.25. The summed E-state index contributed by atoms with van der Waals surface area (Å²) in [5.41, 5.74) is 0.674. The molecule has 0 saturated heterocycles. The molecule has 0 radical (unpaired) electrons. The Morgan fingerprint density at radius 2 is 2.13 bits per heavy atom. The Kier molecular flexibility index (Phi) is 4.91. The lowest BCUT2D eigenvalue weighted by Gasteiger charge is -2.06. The van der Waals surface area contributed by atoms with E-state index in [9.17, 15) is 14.4 Å². The first-order chi connectivity index (χ1) is 10.9. The number of aromatic amines is 1. The van der Waals surface area contributed by atoms with Gasteiger partial charge in [0.2, 0.25) is 5.91 Å². The number of H-pyrrole nitrogens is 1. The average Bonchev–Trinajstić information content (AvgIpc) is 2.80. The fourth-order valence-corrected chi connectivity index (χ4v) is 3.27. The summed E-state index contributed by atoms with van der Waals surface area (Å²) in [6.07, 6.45) is 0.138. The second-order valence-corrected chi connectivity index (χ2v) is 6.32. The van der Waals surface area contributed by atoms with Crippen molar-refractivity contribution >= 4 is 33.2 Å². The van der Waals surface area contributed by atoms with Crippen LogP contribution in [0.15, 0.2) is 4.79 Å². The lowest BCUT2D eigenvalue weighted by molar-refractivity contribution is -0.131. The van der Waals surface area contributed by atoms with E-state index in [1.54, 1.807) is 6.07 Å². The number of thiophene rings is 1. The number of carbonyl (C=O) groups excluding carboxylic acids is 2. The third-order valence-corrected chi connectivity index (χ3v) is 4.76. The van der Waals surface area contributed by atoms with Gasteiger partial charge in [0.15, 0.2) is 11.7 Å². The van der Waals surface area contributed by atoms with E-state index < -0.39 is 17.6 Å². The highest BCUT2D eigenvalue weighted by Gasteiger charge is 2.25. The molecule has 0 unspecified atom stereocenters. The molecule has 0 aliphatic heterocycles. The van der Waals surface area contributed by atoms with Gasteiger partial charge in [0.1, 0.15) is 10.7 Å². The summed E-state index contributed by atoms with van der Waals surface area (Å²) < 4.78 is 0. The number of fused-ring (bicyclic) bond motifs is 1. The zero-order valence-corrected chi connectivity index (χ0v) is 13.8. The molecular weight excluding hydrogens is 316 g/mol. The fourth-order valence-electron chi connectivity index (χ4n) is 2.22. The van der Waals surface area contributed by atoms with Crippen molar-refractivity contribution in [3.05, 3.63) is 26.6 Å². The fraction of sp³-hybridized carbons (Fsp3) is 0.400. The highest BCUT2D eigenvalue weighted by atomic mass is 32.1. The molecule has 0 saturated carbocycles. The molecule has 8 heteroatoms. The summed E-state index contributed by atoms with van der Waals surface area (Å²) in [4.78, 5) is 44.2. The smallest absolute Gasteiger partial charge is 0.259 e. The molecule has 0 bridgehead atoms. The number of rotatable bonds is 5. The first-order valence-electron chi connectivity index (χ1n) is 7.01. The minimum atomic E-state index is -1.33. The minimum Gasteiger partial charge on any atom is -0.358 e. The zero-order chi connectivity index (χ0) is 17.1. The van der Waals surface area contributed by atoms with Crippen LogP contribution in [-0.2, 0) is 16.0 Å². The van der Waals surface area contributed by atoms with Crippen LogP contribution < -0.4 is 10.9 Å². The molecule has 0 aliphatic carbocycles. The minimum absolute atomic E-state index is 0.0383. The van der Waals surface area contributed by atoms with Gasteiger partial charge in [-0.15, -0.1) is 11.3 Å². The number of Topliss-reactive ketones (excluding diaryl/α,β-unsaturated/α-hetero) is 1. The summed E-state index contributed by atoms with van der Waals surface area (Å²) in [5.74, 6) is -2.07. The van der Waals surface area contributed by atoms with Crippen LogP contribution in [-0.4, -0.2) is 28.7 Å². The van der Waals surface area contributed by atoms with Crippen molar-refractivity contribution in [2.75, 3.05) is 7.05 Å². The number of nitrogens with zero attached hydrogens (tertiary/aromatic N) is 2. The predicted octanol–water partition coefficient (Wildman–Crippen LogP) is 0.989. The molecule has 1 atom stereocenters. The molecule has 2 heterocycles. The first-order valence-corrected chi connectivity index (χ1v) is 7.83. The topological polar surface area (TPSA) is 116 Å². The van der Waals surface area contributed by atoms with E-state index in [0.29, 0.717) is 16.0 Å². The van der Waals surface area contributed by atoms with Gasteiger partial charge in [-0.2, -0.15) is 5.26 Å². The molecule has 2 rings (SSSR count). The molecular formula is C15H16N4O3S.